The van der Waals surface area contributed by atoms with Gasteiger partial charge in [-0.3, -0.25) is 0 Å². The van der Waals surface area contributed by atoms with E-state index in [9.17, 15) is 0 Å². The molecule has 0 radical (unpaired) electrons. The SMILES string of the molecule is CC(C)(C)c1csc(CC2(Cc3ccccc3)CNC2)n1. The first-order chi connectivity index (χ1) is 9.97. The average molecular weight is 300 g/mol. The Morgan fingerprint density at radius 2 is 1.86 bits per heavy atom. The van der Waals surface area contributed by atoms with Crippen molar-refractivity contribution < 1.29 is 0 Å². The van der Waals surface area contributed by atoms with Gasteiger partial charge in [0.25, 0.3) is 0 Å². The van der Waals surface area contributed by atoms with Gasteiger partial charge in [-0.2, -0.15) is 0 Å². The summed E-state index contributed by atoms with van der Waals surface area (Å²) in [5.74, 6) is 0. The lowest BCUT2D eigenvalue weighted by Gasteiger charge is -2.42. The fourth-order valence-corrected chi connectivity index (χ4v) is 4.07. The zero-order valence-electron chi connectivity index (χ0n) is 13.1. The molecular weight excluding hydrogens is 276 g/mol. The van der Waals surface area contributed by atoms with Gasteiger partial charge in [0, 0.05) is 35.7 Å². The highest BCUT2D eigenvalue weighted by Gasteiger charge is 2.38. The number of rotatable bonds is 4. The summed E-state index contributed by atoms with van der Waals surface area (Å²) in [5, 5.41) is 6.98. The van der Waals surface area contributed by atoms with E-state index in [-0.39, 0.29) is 5.41 Å². The molecule has 21 heavy (non-hydrogen) atoms. The van der Waals surface area contributed by atoms with E-state index in [1.54, 1.807) is 0 Å². The van der Waals surface area contributed by atoms with E-state index in [1.165, 1.54) is 16.3 Å². The maximum absolute atomic E-state index is 4.88. The van der Waals surface area contributed by atoms with Gasteiger partial charge in [-0.05, 0) is 12.0 Å². The summed E-state index contributed by atoms with van der Waals surface area (Å²) in [5.41, 5.74) is 3.17. The molecule has 1 aromatic heterocycles. The lowest BCUT2D eigenvalue weighted by molar-refractivity contribution is 0.166. The zero-order valence-corrected chi connectivity index (χ0v) is 14.0. The van der Waals surface area contributed by atoms with Gasteiger partial charge >= 0.3 is 0 Å². The Balaban J connectivity index is 1.74. The highest BCUT2D eigenvalue weighted by atomic mass is 32.1. The molecule has 0 atom stereocenters. The van der Waals surface area contributed by atoms with Crippen LogP contribution in [0.15, 0.2) is 35.7 Å². The topological polar surface area (TPSA) is 24.9 Å². The van der Waals surface area contributed by atoms with Crippen LogP contribution in [0, 0.1) is 5.41 Å². The number of aromatic nitrogens is 1. The Labute approximate surface area is 131 Å². The number of nitrogens with zero attached hydrogens (tertiary/aromatic N) is 1. The highest BCUT2D eigenvalue weighted by molar-refractivity contribution is 7.09. The molecule has 1 N–H and O–H groups in total. The fraction of sp³-hybridized carbons (Fsp3) is 0.500. The molecule has 2 heterocycles. The first-order valence-electron chi connectivity index (χ1n) is 7.66. The van der Waals surface area contributed by atoms with E-state index >= 15 is 0 Å². The standard InChI is InChI=1S/C18H24N2S/c1-17(2,3)15-11-21-16(20-15)10-18(12-19-13-18)9-14-7-5-4-6-8-14/h4-8,11,19H,9-10,12-13H2,1-3H3. The van der Waals surface area contributed by atoms with Crippen LogP contribution in [-0.2, 0) is 18.3 Å². The molecule has 0 unspecified atom stereocenters. The second kappa shape index (κ2) is 5.54. The van der Waals surface area contributed by atoms with Gasteiger partial charge in [-0.25, -0.2) is 4.98 Å². The van der Waals surface area contributed by atoms with Gasteiger partial charge in [-0.15, -0.1) is 11.3 Å². The predicted octanol–water partition coefficient (Wildman–Crippen LogP) is 3.82. The van der Waals surface area contributed by atoms with Crippen LogP contribution in [0.3, 0.4) is 0 Å². The molecule has 0 saturated carbocycles. The van der Waals surface area contributed by atoms with Crippen molar-refractivity contribution in [3.63, 3.8) is 0 Å². The molecule has 1 aromatic carbocycles. The van der Waals surface area contributed by atoms with Crippen LogP contribution in [-0.4, -0.2) is 18.1 Å². The first kappa shape index (κ1) is 14.7. The van der Waals surface area contributed by atoms with Crippen molar-refractivity contribution in [3.05, 3.63) is 52.0 Å². The highest BCUT2D eigenvalue weighted by Crippen LogP contribution is 2.34. The monoisotopic (exact) mass is 300 g/mol. The molecule has 3 rings (SSSR count). The Kier molecular flexibility index (Phi) is 3.89. The van der Waals surface area contributed by atoms with Crippen LogP contribution in [0.2, 0.25) is 0 Å². The van der Waals surface area contributed by atoms with E-state index in [2.05, 4.69) is 61.8 Å². The number of benzene rings is 1. The molecule has 1 fully saturated rings. The third kappa shape index (κ3) is 3.35. The normalized spacial score (nSPS) is 17.5. The number of nitrogens with one attached hydrogen (secondary N) is 1. The second-order valence-electron chi connectivity index (χ2n) is 7.32. The summed E-state index contributed by atoms with van der Waals surface area (Å²) in [7, 11) is 0. The maximum Gasteiger partial charge on any atom is 0.0935 e. The molecule has 1 aliphatic rings. The molecule has 1 saturated heterocycles. The summed E-state index contributed by atoms with van der Waals surface area (Å²) in [6.45, 7) is 8.90. The quantitative estimate of drug-likeness (QED) is 0.928. The summed E-state index contributed by atoms with van der Waals surface area (Å²) < 4.78 is 0. The zero-order chi connectivity index (χ0) is 14.9. The van der Waals surface area contributed by atoms with Crippen LogP contribution in [0.1, 0.15) is 37.0 Å². The Morgan fingerprint density at radius 1 is 1.14 bits per heavy atom. The van der Waals surface area contributed by atoms with Crippen LogP contribution in [0.25, 0.3) is 0 Å². The van der Waals surface area contributed by atoms with E-state index in [0.29, 0.717) is 5.41 Å². The van der Waals surface area contributed by atoms with Crippen molar-refractivity contribution in [3.8, 4) is 0 Å². The van der Waals surface area contributed by atoms with Gasteiger partial charge < -0.3 is 5.32 Å². The van der Waals surface area contributed by atoms with Crippen LogP contribution >= 0.6 is 11.3 Å². The molecule has 3 heteroatoms. The van der Waals surface area contributed by atoms with Crippen molar-refractivity contribution in [2.24, 2.45) is 5.41 Å². The number of hydrogen-bond acceptors (Lipinski definition) is 3. The number of hydrogen-bond donors (Lipinski definition) is 1. The molecule has 2 nitrogen and oxygen atoms in total. The van der Waals surface area contributed by atoms with Gasteiger partial charge in [-0.1, -0.05) is 51.1 Å². The van der Waals surface area contributed by atoms with E-state index in [1.807, 2.05) is 11.3 Å². The van der Waals surface area contributed by atoms with Gasteiger partial charge in [0.1, 0.15) is 0 Å². The minimum absolute atomic E-state index is 0.152. The average Bonchev–Trinajstić information content (AvgIpc) is 2.86. The summed E-state index contributed by atoms with van der Waals surface area (Å²) >= 11 is 1.82. The molecular formula is C18H24N2S. The van der Waals surface area contributed by atoms with Gasteiger partial charge in [0.2, 0.25) is 0 Å². The van der Waals surface area contributed by atoms with Crippen LogP contribution < -0.4 is 5.32 Å². The van der Waals surface area contributed by atoms with Crippen molar-refractivity contribution in [2.75, 3.05) is 13.1 Å². The van der Waals surface area contributed by atoms with Gasteiger partial charge in [0.05, 0.1) is 10.7 Å². The largest absolute Gasteiger partial charge is 0.315 e. The predicted molar refractivity (Wildman–Crippen MR) is 90.0 cm³/mol. The Hall–Kier alpha value is -1.19. The molecule has 112 valence electrons. The smallest absolute Gasteiger partial charge is 0.0935 e. The summed E-state index contributed by atoms with van der Waals surface area (Å²) in [6, 6.07) is 10.8. The Morgan fingerprint density at radius 3 is 2.38 bits per heavy atom. The van der Waals surface area contributed by atoms with Crippen molar-refractivity contribution in [1.82, 2.24) is 10.3 Å². The van der Waals surface area contributed by atoms with Gasteiger partial charge in [0.15, 0.2) is 0 Å². The lowest BCUT2D eigenvalue weighted by Crippen LogP contribution is -2.56. The molecule has 2 aromatic rings. The second-order valence-corrected chi connectivity index (χ2v) is 8.26. The maximum atomic E-state index is 4.88. The molecule has 1 aliphatic heterocycles. The van der Waals surface area contributed by atoms with E-state index < -0.39 is 0 Å². The summed E-state index contributed by atoms with van der Waals surface area (Å²) in [6.07, 6.45) is 2.24. The first-order valence-corrected chi connectivity index (χ1v) is 8.54. The lowest BCUT2D eigenvalue weighted by atomic mass is 9.74. The third-order valence-electron chi connectivity index (χ3n) is 4.27. The minimum atomic E-state index is 0.152. The molecule has 0 amide bonds. The molecule has 0 bridgehead atoms. The summed E-state index contributed by atoms with van der Waals surface area (Å²) in [4.78, 5) is 4.88. The van der Waals surface area contributed by atoms with Crippen LogP contribution in [0.4, 0.5) is 0 Å². The molecule has 0 spiro atoms. The van der Waals surface area contributed by atoms with Crippen molar-refractivity contribution >= 4 is 11.3 Å². The fourth-order valence-electron chi connectivity index (χ4n) is 2.88. The Bertz CT molecular complexity index is 591. The van der Waals surface area contributed by atoms with E-state index in [0.717, 1.165) is 25.9 Å². The number of thiazole rings is 1. The minimum Gasteiger partial charge on any atom is -0.315 e. The van der Waals surface area contributed by atoms with Crippen molar-refractivity contribution in [1.29, 1.82) is 0 Å². The van der Waals surface area contributed by atoms with E-state index in [4.69, 9.17) is 4.98 Å². The van der Waals surface area contributed by atoms with Crippen LogP contribution in [0.5, 0.6) is 0 Å². The van der Waals surface area contributed by atoms with Crippen molar-refractivity contribution in [2.45, 2.75) is 39.0 Å². The molecule has 0 aliphatic carbocycles. The third-order valence-corrected chi connectivity index (χ3v) is 5.12.